The van der Waals surface area contributed by atoms with Crippen molar-refractivity contribution in [2.45, 2.75) is 13.8 Å². The van der Waals surface area contributed by atoms with Crippen LogP contribution in [0, 0.1) is 13.8 Å². The van der Waals surface area contributed by atoms with E-state index in [-0.39, 0.29) is 5.91 Å². The summed E-state index contributed by atoms with van der Waals surface area (Å²) in [7, 11) is 2.09. The number of rotatable bonds is 1. The van der Waals surface area contributed by atoms with Crippen LogP contribution in [0.3, 0.4) is 0 Å². The van der Waals surface area contributed by atoms with Crippen molar-refractivity contribution in [3.8, 4) is 0 Å². The van der Waals surface area contributed by atoms with Crippen LogP contribution in [0.4, 0.5) is 0 Å². The van der Waals surface area contributed by atoms with E-state index >= 15 is 0 Å². The van der Waals surface area contributed by atoms with Gasteiger partial charge in [0.15, 0.2) is 0 Å². The molecule has 2 aromatic heterocycles. The Hall–Kier alpha value is -1.88. The molecule has 5 heteroatoms. The van der Waals surface area contributed by atoms with Crippen LogP contribution in [0.5, 0.6) is 0 Å². The van der Waals surface area contributed by atoms with E-state index in [0.717, 1.165) is 43.1 Å². The second-order valence-corrected chi connectivity index (χ2v) is 5.53. The summed E-state index contributed by atoms with van der Waals surface area (Å²) >= 11 is 0. The molecule has 1 fully saturated rings. The molecule has 0 spiro atoms. The van der Waals surface area contributed by atoms with Crippen molar-refractivity contribution in [3.63, 3.8) is 0 Å². The lowest BCUT2D eigenvalue weighted by molar-refractivity contribution is 0.0656. The van der Waals surface area contributed by atoms with Gasteiger partial charge >= 0.3 is 0 Å². The van der Waals surface area contributed by atoms with Crippen molar-refractivity contribution in [1.82, 2.24) is 19.2 Å². The Bertz CT molecular complexity index is 653. The highest BCUT2D eigenvalue weighted by molar-refractivity contribution is 5.95. The summed E-state index contributed by atoms with van der Waals surface area (Å²) < 4.78 is 1.92. The topological polar surface area (TPSA) is 40.9 Å². The Labute approximate surface area is 118 Å². The van der Waals surface area contributed by atoms with Crippen molar-refractivity contribution in [1.29, 1.82) is 0 Å². The molecule has 0 unspecified atom stereocenters. The molecule has 0 N–H and O–H groups in total. The molecule has 3 rings (SSSR count). The first-order valence-electron chi connectivity index (χ1n) is 7.00. The molecule has 1 saturated heterocycles. The number of fused-ring (bicyclic) bond motifs is 1. The van der Waals surface area contributed by atoms with Crippen molar-refractivity contribution in [2.75, 3.05) is 33.2 Å². The van der Waals surface area contributed by atoms with Gasteiger partial charge in [-0.25, -0.2) is 4.98 Å². The summed E-state index contributed by atoms with van der Waals surface area (Å²) in [5.74, 6) is 0.0914. The summed E-state index contributed by atoms with van der Waals surface area (Å²) in [5.41, 5.74) is 3.48. The highest BCUT2D eigenvalue weighted by Crippen LogP contribution is 2.17. The van der Waals surface area contributed by atoms with Gasteiger partial charge in [-0.15, -0.1) is 0 Å². The standard InChI is InChI=1S/C15H20N4O/c1-11-5-4-6-19-13(12(2)16-14(11)19)15(20)18-9-7-17(3)8-10-18/h4-6H,7-10H2,1-3H3. The summed E-state index contributed by atoms with van der Waals surface area (Å²) in [6.45, 7) is 7.37. The number of aromatic nitrogens is 2. The van der Waals surface area contributed by atoms with Gasteiger partial charge in [0, 0.05) is 32.4 Å². The summed E-state index contributed by atoms with van der Waals surface area (Å²) in [5, 5.41) is 0. The van der Waals surface area contributed by atoms with Crippen LogP contribution in [0.15, 0.2) is 18.3 Å². The number of pyridine rings is 1. The monoisotopic (exact) mass is 272 g/mol. The molecule has 0 aromatic carbocycles. The fourth-order valence-corrected chi connectivity index (χ4v) is 2.73. The molecule has 1 amide bonds. The number of carbonyl (C=O) groups is 1. The van der Waals surface area contributed by atoms with Gasteiger partial charge in [0.25, 0.3) is 5.91 Å². The van der Waals surface area contributed by atoms with Gasteiger partial charge in [0.2, 0.25) is 0 Å². The molecule has 0 atom stereocenters. The minimum absolute atomic E-state index is 0.0914. The van der Waals surface area contributed by atoms with Gasteiger partial charge in [0.1, 0.15) is 11.3 Å². The van der Waals surface area contributed by atoms with Gasteiger partial charge < -0.3 is 9.80 Å². The van der Waals surface area contributed by atoms with Crippen LogP contribution in [-0.4, -0.2) is 58.3 Å². The SMILES string of the molecule is Cc1nc2c(C)cccn2c1C(=O)N1CCN(C)CC1. The Kier molecular flexibility index (Phi) is 3.22. The minimum atomic E-state index is 0.0914. The zero-order valence-electron chi connectivity index (χ0n) is 12.3. The van der Waals surface area contributed by atoms with Crippen LogP contribution >= 0.6 is 0 Å². The number of aryl methyl sites for hydroxylation is 2. The van der Waals surface area contributed by atoms with E-state index in [1.54, 1.807) is 0 Å². The lowest BCUT2D eigenvalue weighted by Gasteiger charge is -2.32. The highest BCUT2D eigenvalue weighted by atomic mass is 16.2. The van der Waals surface area contributed by atoms with E-state index in [2.05, 4.69) is 16.9 Å². The van der Waals surface area contributed by atoms with E-state index < -0.39 is 0 Å². The zero-order chi connectivity index (χ0) is 14.3. The highest BCUT2D eigenvalue weighted by Gasteiger charge is 2.25. The predicted molar refractivity (Wildman–Crippen MR) is 78.1 cm³/mol. The number of carbonyl (C=O) groups excluding carboxylic acids is 1. The van der Waals surface area contributed by atoms with Gasteiger partial charge in [-0.3, -0.25) is 9.20 Å². The van der Waals surface area contributed by atoms with Crippen molar-refractivity contribution in [2.24, 2.45) is 0 Å². The molecule has 5 nitrogen and oxygen atoms in total. The van der Waals surface area contributed by atoms with E-state index in [0.29, 0.717) is 5.69 Å². The van der Waals surface area contributed by atoms with Gasteiger partial charge in [-0.1, -0.05) is 6.07 Å². The second kappa shape index (κ2) is 4.90. The average molecular weight is 272 g/mol. The van der Waals surface area contributed by atoms with E-state index in [9.17, 15) is 4.79 Å². The van der Waals surface area contributed by atoms with Crippen LogP contribution in [0.25, 0.3) is 5.65 Å². The average Bonchev–Trinajstić information content (AvgIpc) is 2.77. The number of amides is 1. The van der Waals surface area contributed by atoms with Crippen LogP contribution in [0.1, 0.15) is 21.7 Å². The van der Waals surface area contributed by atoms with Gasteiger partial charge in [-0.2, -0.15) is 0 Å². The molecular weight excluding hydrogens is 252 g/mol. The molecular formula is C15H20N4O. The Morgan fingerprint density at radius 1 is 1.20 bits per heavy atom. The predicted octanol–water partition coefficient (Wildman–Crippen LogP) is 1.34. The maximum absolute atomic E-state index is 12.8. The molecule has 0 radical (unpaired) electrons. The summed E-state index contributed by atoms with van der Waals surface area (Å²) in [4.78, 5) is 21.5. The zero-order valence-corrected chi connectivity index (χ0v) is 12.3. The quantitative estimate of drug-likeness (QED) is 0.786. The minimum Gasteiger partial charge on any atom is -0.335 e. The Balaban J connectivity index is 1.99. The lowest BCUT2D eigenvalue weighted by Crippen LogP contribution is -2.47. The number of hydrogen-bond acceptors (Lipinski definition) is 3. The fourth-order valence-electron chi connectivity index (χ4n) is 2.73. The van der Waals surface area contributed by atoms with Gasteiger partial charge in [-0.05, 0) is 32.5 Å². The summed E-state index contributed by atoms with van der Waals surface area (Å²) in [6, 6.07) is 3.98. The largest absolute Gasteiger partial charge is 0.335 e. The smallest absolute Gasteiger partial charge is 0.272 e. The van der Waals surface area contributed by atoms with Gasteiger partial charge in [0.05, 0.1) is 5.69 Å². The maximum atomic E-state index is 12.8. The van der Waals surface area contributed by atoms with Crippen molar-refractivity contribution >= 4 is 11.6 Å². The van der Waals surface area contributed by atoms with E-state index in [4.69, 9.17) is 0 Å². The molecule has 1 aliphatic heterocycles. The third-order valence-corrected chi connectivity index (χ3v) is 4.01. The Morgan fingerprint density at radius 2 is 1.90 bits per heavy atom. The second-order valence-electron chi connectivity index (χ2n) is 5.53. The lowest BCUT2D eigenvalue weighted by atomic mass is 10.2. The molecule has 3 heterocycles. The normalized spacial score (nSPS) is 16.9. The molecule has 106 valence electrons. The third kappa shape index (κ3) is 2.08. The molecule has 20 heavy (non-hydrogen) atoms. The number of nitrogens with zero attached hydrogens (tertiary/aromatic N) is 4. The van der Waals surface area contributed by atoms with E-state index in [1.807, 2.05) is 41.5 Å². The first-order chi connectivity index (χ1) is 9.58. The fraction of sp³-hybridized carbons (Fsp3) is 0.467. The van der Waals surface area contributed by atoms with Crippen LogP contribution in [0.2, 0.25) is 0 Å². The Morgan fingerprint density at radius 3 is 2.60 bits per heavy atom. The number of hydrogen-bond donors (Lipinski definition) is 0. The number of likely N-dealkylation sites (N-methyl/N-ethyl adjacent to an activating group) is 1. The first kappa shape index (κ1) is 13.1. The third-order valence-electron chi connectivity index (χ3n) is 4.01. The van der Waals surface area contributed by atoms with Crippen LogP contribution in [-0.2, 0) is 0 Å². The summed E-state index contributed by atoms with van der Waals surface area (Å²) in [6.07, 6.45) is 1.92. The van der Waals surface area contributed by atoms with Crippen molar-refractivity contribution < 1.29 is 4.79 Å². The van der Waals surface area contributed by atoms with Crippen LogP contribution < -0.4 is 0 Å². The van der Waals surface area contributed by atoms with E-state index in [1.165, 1.54) is 0 Å². The molecule has 0 aliphatic carbocycles. The number of imidazole rings is 1. The number of piperazine rings is 1. The first-order valence-corrected chi connectivity index (χ1v) is 7.00. The molecule has 2 aromatic rings. The molecule has 0 saturated carbocycles. The molecule has 1 aliphatic rings. The molecule has 0 bridgehead atoms. The van der Waals surface area contributed by atoms with Crippen molar-refractivity contribution in [3.05, 3.63) is 35.3 Å². The maximum Gasteiger partial charge on any atom is 0.272 e.